The lowest BCUT2D eigenvalue weighted by Gasteiger charge is -2.29. The molecule has 2 N–H and O–H groups in total. The Morgan fingerprint density at radius 1 is 1.23 bits per heavy atom. The van der Waals surface area contributed by atoms with Gasteiger partial charge in [-0.1, -0.05) is 6.07 Å². The molecule has 1 fully saturated rings. The highest BCUT2D eigenvalue weighted by atomic mass is 127. The van der Waals surface area contributed by atoms with Crippen molar-refractivity contribution in [1.29, 1.82) is 0 Å². The molecule has 202 valence electrons. The number of aliphatic hydroxyl groups is 1. The minimum Gasteiger partial charge on any atom is -0.485 e. The number of aliphatic hydroxyl groups excluding tert-OH is 1. The van der Waals surface area contributed by atoms with Crippen LogP contribution in [0, 0.1) is 16.3 Å². The summed E-state index contributed by atoms with van der Waals surface area (Å²) in [6.07, 6.45) is 3.63. The van der Waals surface area contributed by atoms with Crippen molar-refractivity contribution in [3.63, 3.8) is 0 Å². The lowest BCUT2D eigenvalue weighted by Crippen LogP contribution is -2.36. The minimum absolute atomic E-state index is 0.00615. The predicted molar refractivity (Wildman–Crippen MR) is 154 cm³/mol. The van der Waals surface area contributed by atoms with Crippen LogP contribution in [0.3, 0.4) is 0 Å². The Bertz CT molecular complexity index is 1600. The Balaban J connectivity index is 1.46. The van der Waals surface area contributed by atoms with E-state index in [-0.39, 0.29) is 31.0 Å². The molecule has 1 amide bonds. The monoisotopic (exact) mass is 642 g/mol. The van der Waals surface area contributed by atoms with Gasteiger partial charge in [-0.25, -0.2) is 19.3 Å². The van der Waals surface area contributed by atoms with Gasteiger partial charge in [-0.3, -0.25) is 9.20 Å². The topological polar surface area (TPSA) is 105 Å². The van der Waals surface area contributed by atoms with Crippen LogP contribution in [0.5, 0.6) is 5.75 Å². The van der Waals surface area contributed by atoms with Crippen LogP contribution in [0.25, 0.3) is 17.2 Å². The number of ether oxygens (including phenoxy) is 1. The molecule has 0 saturated carbocycles. The largest absolute Gasteiger partial charge is 0.485 e. The van der Waals surface area contributed by atoms with Crippen molar-refractivity contribution in [2.75, 3.05) is 23.4 Å². The second-order valence-corrected chi connectivity index (χ2v) is 11.6. The third kappa shape index (κ3) is 4.22. The first-order valence-corrected chi connectivity index (χ1v) is 13.9. The Kier molecular flexibility index (Phi) is 6.45. The van der Waals surface area contributed by atoms with Crippen LogP contribution in [-0.2, 0) is 16.8 Å². The number of hydrogen-bond acceptors (Lipinski definition) is 7. The first-order chi connectivity index (χ1) is 18.7. The van der Waals surface area contributed by atoms with Crippen LogP contribution >= 0.6 is 22.6 Å². The van der Waals surface area contributed by atoms with Crippen LogP contribution in [0.15, 0.2) is 36.5 Å². The fourth-order valence-corrected chi connectivity index (χ4v) is 6.09. The van der Waals surface area contributed by atoms with Crippen molar-refractivity contribution in [3.8, 4) is 17.3 Å². The van der Waals surface area contributed by atoms with E-state index in [4.69, 9.17) is 19.7 Å². The van der Waals surface area contributed by atoms with Gasteiger partial charge < -0.3 is 20.1 Å². The van der Waals surface area contributed by atoms with Crippen LogP contribution < -0.4 is 15.0 Å². The summed E-state index contributed by atoms with van der Waals surface area (Å²) in [6, 6.07) is 8.49. The average molecular weight is 642 g/mol. The number of benzene rings is 1. The number of nitrogens with one attached hydrogen (secondary N) is 1. The molecule has 11 heteroatoms. The SMILES string of the molecule is Cc1nc2c(OCc3c(F)cccc3I)cccn2c1-c1nc2c(c(N3CCC[C@@H]3CO)n1)C(C)(C)C(=O)N2. The number of aryl methyl sites for hydroxylation is 1. The molecule has 0 aliphatic carbocycles. The van der Waals surface area contributed by atoms with E-state index in [0.29, 0.717) is 45.8 Å². The van der Waals surface area contributed by atoms with E-state index in [1.807, 2.05) is 43.5 Å². The molecule has 5 heterocycles. The van der Waals surface area contributed by atoms with Gasteiger partial charge in [-0.15, -0.1) is 0 Å². The van der Waals surface area contributed by atoms with Gasteiger partial charge in [0.05, 0.1) is 29.3 Å². The van der Waals surface area contributed by atoms with Crippen LogP contribution in [-0.4, -0.2) is 49.6 Å². The van der Waals surface area contributed by atoms with Crippen LogP contribution in [0.4, 0.5) is 16.0 Å². The van der Waals surface area contributed by atoms with E-state index in [0.717, 1.165) is 28.5 Å². The Labute approximate surface area is 238 Å². The number of rotatable bonds is 6. The third-order valence-corrected chi connectivity index (χ3v) is 8.62. The smallest absolute Gasteiger partial charge is 0.235 e. The second-order valence-electron chi connectivity index (χ2n) is 10.4. The van der Waals surface area contributed by atoms with Gasteiger partial charge in [0.25, 0.3) is 0 Å². The quantitative estimate of drug-likeness (QED) is 0.296. The summed E-state index contributed by atoms with van der Waals surface area (Å²) >= 11 is 2.10. The molecule has 1 aromatic carbocycles. The number of anilines is 2. The molecule has 3 aromatic heterocycles. The molecule has 2 aliphatic heterocycles. The van der Waals surface area contributed by atoms with Gasteiger partial charge in [0.2, 0.25) is 5.91 Å². The number of fused-ring (bicyclic) bond motifs is 2. The lowest BCUT2D eigenvalue weighted by molar-refractivity contribution is -0.119. The molecule has 4 aromatic rings. The summed E-state index contributed by atoms with van der Waals surface area (Å²) in [5.74, 6) is 1.59. The van der Waals surface area contributed by atoms with E-state index in [9.17, 15) is 14.3 Å². The molecule has 1 atom stereocenters. The number of nitrogens with zero attached hydrogens (tertiary/aromatic N) is 5. The number of amides is 1. The Morgan fingerprint density at radius 3 is 2.82 bits per heavy atom. The van der Waals surface area contributed by atoms with Gasteiger partial charge in [-0.05, 0) is 80.5 Å². The molecule has 39 heavy (non-hydrogen) atoms. The van der Waals surface area contributed by atoms with Gasteiger partial charge in [0.1, 0.15) is 29.8 Å². The molecule has 0 radical (unpaired) electrons. The molecule has 9 nitrogen and oxygen atoms in total. The van der Waals surface area contributed by atoms with Gasteiger partial charge in [-0.2, -0.15) is 0 Å². The first kappa shape index (κ1) is 25.9. The van der Waals surface area contributed by atoms with E-state index >= 15 is 0 Å². The predicted octanol–water partition coefficient (Wildman–Crippen LogP) is 4.61. The normalized spacial score (nSPS) is 18.1. The molecule has 0 bridgehead atoms. The van der Waals surface area contributed by atoms with Crippen molar-refractivity contribution in [3.05, 3.63) is 62.7 Å². The number of aromatic nitrogens is 4. The number of imidazole rings is 1. The fourth-order valence-electron chi connectivity index (χ4n) is 5.47. The molecule has 2 aliphatic rings. The summed E-state index contributed by atoms with van der Waals surface area (Å²) < 4.78 is 23.1. The van der Waals surface area contributed by atoms with Crippen molar-refractivity contribution >= 4 is 45.8 Å². The number of carbonyl (C=O) groups is 1. The molecule has 1 saturated heterocycles. The first-order valence-electron chi connectivity index (χ1n) is 12.9. The van der Waals surface area contributed by atoms with E-state index in [1.165, 1.54) is 6.07 Å². The van der Waals surface area contributed by atoms with Gasteiger partial charge in [0, 0.05) is 21.9 Å². The highest BCUT2D eigenvalue weighted by molar-refractivity contribution is 14.1. The summed E-state index contributed by atoms with van der Waals surface area (Å²) in [7, 11) is 0. The lowest BCUT2D eigenvalue weighted by atomic mass is 9.86. The number of pyridine rings is 1. The van der Waals surface area contributed by atoms with Gasteiger partial charge in [0.15, 0.2) is 17.2 Å². The van der Waals surface area contributed by atoms with E-state index < -0.39 is 5.41 Å². The Hall–Kier alpha value is -3.32. The van der Waals surface area contributed by atoms with E-state index in [2.05, 4.69) is 32.8 Å². The molecule has 0 unspecified atom stereocenters. The molecular formula is C28H28FIN6O3. The van der Waals surface area contributed by atoms with Crippen molar-refractivity contribution in [2.45, 2.75) is 51.7 Å². The number of halogens is 2. The highest BCUT2D eigenvalue weighted by Crippen LogP contribution is 2.44. The standard InChI is InChI=1S/C28H28FIN6O3/c1-15-22(36-12-6-10-20(25(36)31-15)39-14-17-18(29)8-4-9-19(17)30)24-32-23-21(28(2,3)27(38)34-23)26(33-24)35-11-5-7-16(35)13-37/h4,6,8-10,12,16,37H,5,7,11,13-14H2,1-3H3,(H,32,33,34,38)/t16-/m1/s1. The van der Waals surface area contributed by atoms with Crippen LogP contribution in [0.2, 0.25) is 0 Å². The second kappa shape index (κ2) is 9.70. The summed E-state index contributed by atoms with van der Waals surface area (Å²) in [5, 5.41) is 13.0. The zero-order valence-electron chi connectivity index (χ0n) is 21.8. The Morgan fingerprint density at radius 2 is 2.05 bits per heavy atom. The number of carbonyl (C=O) groups excluding carboxylic acids is 1. The minimum atomic E-state index is -0.814. The van der Waals surface area contributed by atoms with Crippen LogP contribution in [0.1, 0.15) is 43.5 Å². The summed E-state index contributed by atoms with van der Waals surface area (Å²) in [4.78, 5) is 29.6. The van der Waals surface area contributed by atoms with E-state index in [1.54, 1.807) is 12.1 Å². The van der Waals surface area contributed by atoms with Crippen molar-refractivity contribution < 1.29 is 19.0 Å². The van der Waals surface area contributed by atoms with Crippen molar-refractivity contribution in [1.82, 2.24) is 19.4 Å². The molecular weight excluding hydrogens is 614 g/mol. The van der Waals surface area contributed by atoms with Crippen molar-refractivity contribution in [2.24, 2.45) is 0 Å². The maximum atomic E-state index is 14.4. The summed E-state index contributed by atoms with van der Waals surface area (Å²) in [5.41, 5.74) is 2.32. The summed E-state index contributed by atoms with van der Waals surface area (Å²) in [6.45, 7) is 6.40. The third-order valence-electron chi connectivity index (χ3n) is 7.61. The zero-order valence-corrected chi connectivity index (χ0v) is 24.0. The average Bonchev–Trinajstić information content (AvgIpc) is 3.57. The molecule has 6 rings (SSSR count). The maximum Gasteiger partial charge on any atom is 0.235 e. The van der Waals surface area contributed by atoms with Gasteiger partial charge >= 0.3 is 0 Å². The zero-order chi connectivity index (χ0) is 27.5. The highest BCUT2D eigenvalue weighted by Gasteiger charge is 2.45. The number of hydrogen-bond donors (Lipinski definition) is 2. The fraction of sp³-hybridized carbons (Fsp3) is 0.357. The molecule has 0 spiro atoms. The maximum absolute atomic E-state index is 14.4.